The molecule has 1 aromatic heterocycles. The lowest BCUT2D eigenvalue weighted by molar-refractivity contribution is -0.114. The van der Waals surface area contributed by atoms with Crippen molar-refractivity contribution < 1.29 is 4.79 Å². The molecule has 8 heteroatoms. The van der Waals surface area contributed by atoms with E-state index >= 15 is 0 Å². The average molecular weight is 474 g/mol. The number of anilines is 4. The summed E-state index contributed by atoms with van der Waals surface area (Å²) < 4.78 is 0. The zero-order valence-electron chi connectivity index (χ0n) is 21.3. The summed E-state index contributed by atoms with van der Waals surface area (Å²) in [5.74, 6) is 1.06. The second-order valence-electron chi connectivity index (χ2n) is 10.1. The molecule has 2 heterocycles. The fraction of sp³-hybridized carbons (Fsp3) is 0.407. The van der Waals surface area contributed by atoms with Crippen molar-refractivity contribution >= 4 is 29.2 Å². The third-order valence-corrected chi connectivity index (χ3v) is 6.33. The van der Waals surface area contributed by atoms with Gasteiger partial charge in [0.25, 0.3) is 0 Å². The predicted octanol–water partition coefficient (Wildman–Crippen LogP) is 4.50. The third kappa shape index (κ3) is 6.33. The van der Waals surface area contributed by atoms with Crippen LogP contribution >= 0.6 is 0 Å². The van der Waals surface area contributed by atoms with Gasteiger partial charge in [0.15, 0.2) is 0 Å². The van der Waals surface area contributed by atoms with E-state index in [1.807, 2.05) is 25.1 Å². The molecular weight excluding hydrogens is 438 g/mol. The van der Waals surface area contributed by atoms with E-state index in [1.54, 1.807) is 6.33 Å². The van der Waals surface area contributed by atoms with Crippen LogP contribution < -0.4 is 15.5 Å². The van der Waals surface area contributed by atoms with Crippen LogP contribution in [0.3, 0.4) is 0 Å². The van der Waals surface area contributed by atoms with Crippen LogP contribution in [0, 0.1) is 6.92 Å². The summed E-state index contributed by atoms with van der Waals surface area (Å²) in [5, 5.41) is 6.12. The number of benzene rings is 2. The van der Waals surface area contributed by atoms with Gasteiger partial charge in [-0.2, -0.15) is 4.98 Å². The summed E-state index contributed by atoms with van der Waals surface area (Å²) in [4.78, 5) is 29.5. The van der Waals surface area contributed by atoms with Crippen LogP contribution in [0.4, 0.5) is 23.3 Å². The van der Waals surface area contributed by atoms with Gasteiger partial charge in [-0.1, -0.05) is 51.1 Å². The third-order valence-electron chi connectivity index (χ3n) is 6.33. The van der Waals surface area contributed by atoms with E-state index < -0.39 is 0 Å². The Morgan fingerprint density at radius 1 is 0.971 bits per heavy atom. The Morgan fingerprint density at radius 2 is 1.66 bits per heavy atom. The van der Waals surface area contributed by atoms with Crippen LogP contribution in [0.15, 0.2) is 48.8 Å². The molecule has 35 heavy (non-hydrogen) atoms. The summed E-state index contributed by atoms with van der Waals surface area (Å²) in [7, 11) is 0. The largest absolute Gasteiger partial charge is 0.338 e. The van der Waals surface area contributed by atoms with Crippen LogP contribution in [0.2, 0.25) is 0 Å². The maximum atomic E-state index is 11.5. The Morgan fingerprint density at radius 3 is 2.31 bits per heavy atom. The first-order valence-corrected chi connectivity index (χ1v) is 12.1. The van der Waals surface area contributed by atoms with Gasteiger partial charge in [0, 0.05) is 51.0 Å². The number of nitrogens with one attached hydrogen (secondary N) is 2. The summed E-state index contributed by atoms with van der Waals surface area (Å²) in [6.45, 7) is 14.8. The van der Waals surface area contributed by atoms with Crippen molar-refractivity contribution in [1.82, 2.24) is 19.9 Å². The molecule has 0 bridgehead atoms. The number of amides is 1. The van der Waals surface area contributed by atoms with Crippen LogP contribution in [0.5, 0.6) is 0 Å². The maximum absolute atomic E-state index is 11.5. The highest BCUT2D eigenvalue weighted by Gasteiger charge is 2.20. The topological polar surface area (TPSA) is 86.3 Å². The van der Waals surface area contributed by atoms with Crippen molar-refractivity contribution in [3.63, 3.8) is 0 Å². The molecule has 4 rings (SSSR count). The second-order valence-corrected chi connectivity index (χ2v) is 10.1. The van der Waals surface area contributed by atoms with E-state index in [2.05, 4.69) is 80.4 Å². The normalized spacial score (nSPS) is 14.6. The molecule has 0 radical (unpaired) electrons. The molecule has 2 aromatic carbocycles. The van der Waals surface area contributed by atoms with Crippen molar-refractivity contribution in [2.24, 2.45) is 0 Å². The van der Waals surface area contributed by atoms with Crippen molar-refractivity contribution in [2.45, 2.75) is 46.6 Å². The second kappa shape index (κ2) is 10.4. The van der Waals surface area contributed by atoms with Crippen molar-refractivity contribution in [3.05, 3.63) is 65.5 Å². The van der Waals surface area contributed by atoms with Gasteiger partial charge in [-0.05, 0) is 41.2 Å². The Balaban J connectivity index is 1.36. The van der Waals surface area contributed by atoms with E-state index in [0.29, 0.717) is 11.9 Å². The minimum absolute atomic E-state index is 0.103. The molecule has 3 aromatic rings. The smallest absolute Gasteiger partial charge is 0.232 e. The number of aromatic nitrogens is 3. The van der Waals surface area contributed by atoms with E-state index in [-0.39, 0.29) is 11.3 Å². The number of hydrogen-bond acceptors (Lipinski definition) is 7. The van der Waals surface area contributed by atoms with Gasteiger partial charge in [0.05, 0.1) is 0 Å². The quantitative estimate of drug-likeness (QED) is 0.545. The number of carbonyl (C=O) groups excluding carboxylic acids is 1. The van der Waals surface area contributed by atoms with Crippen LogP contribution in [0.1, 0.15) is 44.4 Å². The van der Waals surface area contributed by atoms with Gasteiger partial charge >= 0.3 is 0 Å². The fourth-order valence-electron chi connectivity index (χ4n) is 4.19. The highest BCUT2D eigenvalue weighted by atomic mass is 16.1. The lowest BCUT2D eigenvalue weighted by atomic mass is 9.87. The number of hydrogen-bond donors (Lipinski definition) is 2. The van der Waals surface area contributed by atoms with Gasteiger partial charge < -0.3 is 15.5 Å². The summed E-state index contributed by atoms with van der Waals surface area (Å²) in [5.41, 5.74) is 5.41. The van der Waals surface area contributed by atoms with Crippen LogP contribution in [-0.4, -0.2) is 51.9 Å². The molecular formula is C27H35N7O. The van der Waals surface area contributed by atoms with E-state index in [4.69, 9.17) is 0 Å². The standard InChI is InChI=1S/C27H35N7O/c1-19-23(30-20(2)35)7-6-8-24(19)31-25-28-18-29-26(32-25)34-15-13-33(14-16-34)17-21-9-11-22(12-10-21)27(3,4)5/h6-12,18H,13-17H2,1-5H3,(H,30,35)(H,28,29,31,32). The Kier molecular flexibility index (Phi) is 7.31. The molecule has 1 saturated heterocycles. The molecule has 1 fully saturated rings. The van der Waals surface area contributed by atoms with E-state index in [1.165, 1.54) is 18.1 Å². The maximum Gasteiger partial charge on any atom is 0.232 e. The van der Waals surface area contributed by atoms with Gasteiger partial charge in [-0.3, -0.25) is 9.69 Å². The van der Waals surface area contributed by atoms with Crippen molar-refractivity contribution in [2.75, 3.05) is 41.7 Å². The van der Waals surface area contributed by atoms with Crippen molar-refractivity contribution in [1.29, 1.82) is 0 Å². The highest BCUT2D eigenvalue weighted by molar-refractivity contribution is 5.90. The zero-order chi connectivity index (χ0) is 25.0. The SMILES string of the molecule is CC(=O)Nc1cccc(Nc2ncnc(N3CCN(Cc4ccc(C(C)(C)C)cc4)CC3)n2)c1C. The molecule has 0 spiro atoms. The fourth-order valence-corrected chi connectivity index (χ4v) is 4.19. The van der Waals surface area contributed by atoms with Crippen LogP contribution in [-0.2, 0) is 16.8 Å². The molecule has 2 N–H and O–H groups in total. The zero-order valence-corrected chi connectivity index (χ0v) is 21.3. The Labute approximate surface area is 207 Å². The van der Waals surface area contributed by atoms with Gasteiger partial charge in [-0.15, -0.1) is 0 Å². The van der Waals surface area contributed by atoms with Crippen molar-refractivity contribution in [3.8, 4) is 0 Å². The molecule has 1 aliphatic rings. The first-order chi connectivity index (χ1) is 16.7. The minimum Gasteiger partial charge on any atom is -0.338 e. The summed E-state index contributed by atoms with van der Waals surface area (Å²) in [6, 6.07) is 14.7. The van der Waals surface area contributed by atoms with Gasteiger partial charge in [-0.25, -0.2) is 9.97 Å². The number of piperazine rings is 1. The lowest BCUT2D eigenvalue weighted by Gasteiger charge is -2.34. The van der Waals surface area contributed by atoms with Gasteiger partial charge in [0.2, 0.25) is 17.8 Å². The monoisotopic (exact) mass is 473 g/mol. The number of carbonyl (C=O) groups is 1. The van der Waals surface area contributed by atoms with Gasteiger partial charge in [0.1, 0.15) is 6.33 Å². The summed E-state index contributed by atoms with van der Waals surface area (Å²) >= 11 is 0. The molecule has 0 aliphatic carbocycles. The first-order valence-electron chi connectivity index (χ1n) is 12.1. The lowest BCUT2D eigenvalue weighted by Crippen LogP contribution is -2.46. The first kappa shape index (κ1) is 24.6. The molecule has 1 amide bonds. The Bertz CT molecular complexity index is 1160. The summed E-state index contributed by atoms with van der Waals surface area (Å²) in [6.07, 6.45) is 1.54. The molecule has 1 aliphatic heterocycles. The molecule has 0 saturated carbocycles. The average Bonchev–Trinajstić information content (AvgIpc) is 2.82. The Hall–Kier alpha value is -3.52. The minimum atomic E-state index is -0.103. The molecule has 184 valence electrons. The van der Waals surface area contributed by atoms with E-state index in [0.717, 1.165) is 49.7 Å². The van der Waals surface area contributed by atoms with Crippen LogP contribution in [0.25, 0.3) is 0 Å². The number of nitrogens with zero attached hydrogens (tertiary/aromatic N) is 5. The predicted molar refractivity (Wildman–Crippen MR) is 141 cm³/mol. The highest BCUT2D eigenvalue weighted by Crippen LogP contribution is 2.26. The molecule has 8 nitrogen and oxygen atoms in total. The molecule has 0 atom stereocenters. The molecule has 0 unspecified atom stereocenters. The number of rotatable bonds is 6. The van der Waals surface area contributed by atoms with E-state index in [9.17, 15) is 4.79 Å².